The molecule has 2 heterocycles. The van der Waals surface area contributed by atoms with Crippen LogP contribution in [0, 0.1) is 0 Å². The van der Waals surface area contributed by atoms with Crippen molar-refractivity contribution >= 4 is 46.6 Å². The zero-order valence-electron chi connectivity index (χ0n) is 14.6. The summed E-state index contributed by atoms with van der Waals surface area (Å²) in [7, 11) is 0. The minimum Gasteiger partial charge on any atom is -0.361 e. The summed E-state index contributed by atoms with van der Waals surface area (Å²) in [5, 5.41) is 1.29. The fraction of sp³-hybridized carbons (Fsp3) is 0.143. The maximum absolute atomic E-state index is 5.76. The van der Waals surface area contributed by atoms with Gasteiger partial charge in [-0.25, -0.2) is 0 Å². The number of nitrogens with one attached hydrogen (secondary N) is 1. The maximum Gasteiger partial charge on any atom is 0.0658 e. The van der Waals surface area contributed by atoms with Crippen LogP contribution in [-0.2, 0) is 6.42 Å². The minimum absolute atomic E-state index is 0.221. The molecule has 2 aromatic carbocycles. The highest BCUT2D eigenvalue weighted by Gasteiger charge is 2.04. The zero-order valence-corrected chi connectivity index (χ0v) is 17.1. The first kappa shape index (κ1) is 19.1. The van der Waals surface area contributed by atoms with E-state index >= 15 is 0 Å². The van der Waals surface area contributed by atoms with Crippen LogP contribution in [0.25, 0.3) is 10.9 Å². The van der Waals surface area contributed by atoms with Crippen molar-refractivity contribution in [3.05, 3.63) is 78.5 Å². The van der Waals surface area contributed by atoms with Crippen molar-refractivity contribution in [1.29, 1.82) is 0 Å². The SMILES string of the molecule is CC(N)Cc1c[nH]c2ccccc12.Sc1ccc(Sc2ccccc2)s1. The van der Waals surface area contributed by atoms with E-state index in [-0.39, 0.29) is 6.04 Å². The van der Waals surface area contributed by atoms with E-state index in [0.717, 1.165) is 10.6 Å². The van der Waals surface area contributed by atoms with E-state index in [9.17, 15) is 0 Å². The molecular formula is C21H22N2S3. The number of para-hydroxylation sites is 1. The number of hydrogen-bond acceptors (Lipinski definition) is 4. The predicted molar refractivity (Wildman–Crippen MR) is 118 cm³/mol. The Hall–Kier alpha value is -1.66. The molecule has 0 bridgehead atoms. The standard InChI is InChI=1S/C11H14N2.C10H8S3/c1-8(12)6-9-7-13-11-5-3-2-4-10(9)11;11-9-6-7-10(13-9)12-8-4-2-1-3-5-8/h2-5,7-8,13H,6,12H2,1H3;1-7,11H. The van der Waals surface area contributed by atoms with E-state index < -0.39 is 0 Å². The van der Waals surface area contributed by atoms with Gasteiger partial charge in [-0.3, -0.25) is 0 Å². The van der Waals surface area contributed by atoms with Crippen LogP contribution in [0.5, 0.6) is 0 Å². The van der Waals surface area contributed by atoms with E-state index in [4.69, 9.17) is 5.73 Å². The van der Waals surface area contributed by atoms with Crippen molar-refractivity contribution in [3.63, 3.8) is 0 Å². The van der Waals surface area contributed by atoms with Gasteiger partial charge in [0, 0.05) is 28.0 Å². The van der Waals surface area contributed by atoms with Crippen LogP contribution >= 0.6 is 35.7 Å². The van der Waals surface area contributed by atoms with Gasteiger partial charge in [0.05, 0.1) is 8.42 Å². The molecule has 0 aliphatic heterocycles. The number of aromatic nitrogens is 1. The van der Waals surface area contributed by atoms with Gasteiger partial charge in [0.1, 0.15) is 0 Å². The Bertz CT molecular complexity index is 942. The predicted octanol–water partition coefficient (Wildman–Crippen LogP) is 6.25. The first-order chi connectivity index (χ1) is 12.6. The number of H-pyrrole nitrogens is 1. The average molecular weight is 399 g/mol. The molecule has 5 heteroatoms. The highest BCUT2D eigenvalue weighted by Crippen LogP contribution is 2.34. The summed E-state index contributed by atoms with van der Waals surface area (Å²) < 4.78 is 2.36. The van der Waals surface area contributed by atoms with E-state index in [2.05, 4.69) is 66.1 Å². The van der Waals surface area contributed by atoms with E-state index in [1.165, 1.54) is 25.6 Å². The van der Waals surface area contributed by atoms with Gasteiger partial charge in [0.25, 0.3) is 0 Å². The van der Waals surface area contributed by atoms with Crippen molar-refractivity contribution in [2.45, 2.75) is 32.7 Å². The monoisotopic (exact) mass is 398 g/mol. The molecule has 4 rings (SSSR count). The Labute approximate surface area is 168 Å². The fourth-order valence-electron chi connectivity index (χ4n) is 2.62. The number of fused-ring (bicyclic) bond motifs is 1. The molecule has 2 nitrogen and oxygen atoms in total. The fourth-order valence-corrected chi connectivity index (χ4v) is 5.04. The molecule has 134 valence electrons. The minimum atomic E-state index is 0.221. The molecule has 0 saturated heterocycles. The summed E-state index contributed by atoms with van der Waals surface area (Å²) in [5.74, 6) is 0. The quantitative estimate of drug-likeness (QED) is 0.356. The molecule has 0 saturated carbocycles. The van der Waals surface area contributed by atoms with Gasteiger partial charge in [0.15, 0.2) is 0 Å². The molecule has 0 amide bonds. The number of thiol groups is 1. The first-order valence-electron chi connectivity index (χ1n) is 8.44. The third kappa shape index (κ3) is 5.42. The van der Waals surface area contributed by atoms with E-state index in [0.29, 0.717) is 0 Å². The zero-order chi connectivity index (χ0) is 18.4. The summed E-state index contributed by atoms with van der Waals surface area (Å²) in [5.41, 5.74) is 8.26. The third-order valence-electron chi connectivity index (χ3n) is 3.75. The van der Waals surface area contributed by atoms with Crippen molar-refractivity contribution in [3.8, 4) is 0 Å². The Morgan fingerprint density at radius 1 is 1.04 bits per heavy atom. The van der Waals surface area contributed by atoms with Gasteiger partial charge >= 0.3 is 0 Å². The highest BCUT2D eigenvalue weighted by molar-refractivity contribution is 8.01. The summed E-state index contributed by atoms with van der Waals surface area (Å²) in [6.45, 7) is 2.03. The number of hydrogen-bond donors (Lipinski definition) is 3. The van der Waals surface area contributed by atoms with Gasteiger partial charge in [0.2, 0.25) is 0 Å². The molecule has 0 fully saturated rings. The Morgan fingerprint density at radius 3 is 2.46 bits per heavy atom. The Kier molecular flexibility index (Phi) is 6.86. The summed E-state index contributed by atoms with van der Waals surface area (Å²) in [6, 6.07) is 23.0. The normalized spacial score (nSPS) is 11.8. The van der Waals surface area contributed by atoms with Crippen LogP contribution in [0.3, 0.4) is 0 Å². The highest BCUT2D eigenvalue weighted by atomic mass is 32.2. The molecular weight excluding hydrogens is 376 g/mol. The van der Waals surface area contributed by atoms with Gasteiger partial charge in [-0.05, 0) is 49.2 Å². The van der Waals surface area contributed by atoms with Crippen molar-refractivity contribution < 1.29 is 0 Å². The van der Waals surface area contributed by atoms with Crippen molar-refractivity contribution in [1.82, 2.24) is 4.98 Å². The second-order valence-corrected chi connectivity index (χ2v) is 9.29. The van der Waals surface area contributed by atoms with E-state index in [1.54, 1.807) is 23.1 Å². The van der Waals surface area contributed by atoms with Crippen LogP contribution in [-0.4, -0.2) is 11.0 Å². The lowest BCUT2D eigenvalue weighted by Crippen LogP contribution is -2.17. The summed E-state index contributed by atoms with van der Waals surface area (Å²) in [6.07, 6.45) is 2.98. The molecule has 0 aliphatic rings. The van der Waals surface area contributed by atoms with Crippen molar-refractivity contribution in [2.75, 3.05) is 0 Å². The van der Waals surface area contributed by atoms with E-state index in [1.807, 2.05) is 31.3 Å². The second-order valence-electron chi connectivity index (χ2n) is 6.05. The maximum atomic E-state index is 5.76. The lowest BCUT2D eigenvalue weighted by Gasteiger charge is -2.02. The lowest BCUT2D eigenvalue weighted by atomic mass is 10.1. The number of aromatic amines is 1. The third-order valence-corrected chi connectivity index (χ3v) is 6.20. The van der Waals surface area contributed by atoms with Gasteiger partial charge in [-0.2, -0.15) is 0 Å². The summed E-state index contributed by atoms with van der Waals surface area (Å²) in [4.78, 5) is 4.51. The largest absolute Gasteiger partial charge is 0.361 e. The van der Waals surface area contributed by atoms with Crippen LogP contribution in [0.1, 0.15) is 12.5 Å². The molecule has 3 N–H and O–H groups in total. The first-order valence-corrected chi connectivity index (χ1v) is 10.5. The average Bonchev–Trinajstić information content (AvgIpc) is 3.23. The number of thiophene rings is 1. The smallest absolute Gasteiger partial charge is 0.0658 e. The molecule has 0 radical (unpaired) electrons. The topological polar surface area (TPSA) is 41.8 Å². The Morgan fingerprint density at radius 2 is 1.77 bits per heavy atom. The summed E-state index contributed by atoms with van der Waals surface area (Å²) >= 11 is 7.76. The number of rotatable bonds is 4. The number of nitrogens with two attached hydrogens (primary N) is 1. The molecule has 0 spiro atoms. The second kappa shape index (κ2) is 9.33. The molecule has 4 aromatic rings. The van der Waals surface area contributed by atoms with Gasteiger partial charge < -0.3 is 10.7 Å². The van der Waals surface area contributed by atoms with Gasteiger partial charge in [-0.15, -0.1) is 24.0 Å². The van der Waals surface area contributed by atoms with Crippen LogP contribution < -0.4 is 5.73 Å². The molecule has 1 atom stereocenters. The van der Waals surface area contributed by atoms with Crippen LogP contribution in [0.2, 0.25) is 0 Å². The lowest BCUT2D eigenvalue weighted by molar-refractivity contribution is 0.741. The molecule has 0 aliphatic carbocycles. The van der Waals surface area contributed by atoms with Crippen LogP contribution in [0.15, 0.2) is 86.2 Å². The number of benzene rings is 2. The van der Waals surface area contributed by atoms with Gasteiger partial charge in [-0.1, -0.05) is 48.2 Å². The Balaban J connectivity index is 0.000000151. The van der Waals surface area contributed by atoms with Crippen molar-refractivity contribution in [2.24, 2.45) is 5.73 Å². The molecule has 1 unspecified atom stereocenters. The molecule has 2 aromatic heterocycles. The van der Waals surface area contributed by atoms with Crippen LogP contribution in [0.4, 0.5) is 0 Å². The molecule has 26 heavy (non-hydrogen) atoms.